The molecule has 0 amide bonds. The molecule has 0 radical (unpaired) electrons. The van der Waals surface area contributed by atoms with E-state index < -0.39 is 6.29 Å². The molecule has 1 fully saturated rings. The zero-order valence-electron chi connectivity index (χ0n) is 20.7. The molecule has 4 atom stereocenters. The highest BCUT2D eigenvalue weighted by atomic mass is 32.2. The molecule has 3 aromatic carbocycles. The Morgan fingerprint density at radius 3 is 2.30 bits per heavy atom. The summed E-state index contributed by atoms with van der Waals surface area (Å²) >= 11 is 1.59. The van der Waals surface area contributed by atoms with E-state index in [-0.39, 0.29) is 24.7 Å². The highest BCUT2D eigenvalue weighted by Crippen LogP contribution is 2.43. The van der Waals surface area contributed by atoms with Gasteiger partial charge in [-0.05, 0) is 46.0 Å². The summed E-state index contributed by atoms with van der Waals surface area (Å²) in [4.78, 5) is 8.71. The second kappa shape index (κ2) is 12.0. The summed E-state index contributed by atoms with van der Waals surface area (Å²) in [7, 11) is 0. The monoisotopic (exact) mass is 513 g/mol. The standard InChI is InChI=1S/C30H31N3O3S/c1-20-27(19-37-30-32-13-4-14-33-30)35-29(36-28(20)23-11-9-21(18-34)10-12-23)26-8-3-7-25(16-26)24-6-2-5-22(15-24)17-31/h2-16,20,27-29,34H,17-19,31H2,1H3. The van der Waals surface area contributed by atoms with Gasteiger partial charge in [0.05, 0.1) is 18.8 Å². The van der Waals surface area contributed by atoms with Gasteiger partial charge in [-0.15, -0.1) is 0 Å². The molecule has 0 saturated carbocycles. The van der Waals surface area contributed by atoms with E-state index in [1.165, 1.54) is 0 Å². The molecule has 0 bridgehead atoms. The van der Waals surface area contributed by atoms with E-state index in [0.29, 0.717) is 12.3 Å². The van der Waals surface area contributed by atoms with Gasteiger partial charge >= 0.3 is 0 Å². The fraction of sp³-hybridized carbons (Fsp3) is 0.267. The molecule has 1 aliphatic heterocycles. The van der Waals surface area contributed by atoms with Crippen LogP contribution in [0.25, 0.3) is 11.1 Å². The van der Waals surface area contributed by atoms with Gasteiger partial charge < -0.3 is 20.3 Å². The minimum Gasteiger partial charge on any atom is -0.392 e. The molecule has 4 unspecified atom stereocenters. The molecule has 0 aliphatic carbocycles. The number of nitrogens with two attached hydrogens (primary N) is 1. The minimum absolute atomic E-state index is 0.0155. The number of aliphatic hydroxyl groups excluding tert-OH is 1. The van der Waals surface area contributed by atoms with Crippen molar-refractivity contribution in [2.45, 2.75) is 43.7 Å². The molecule has 5 rings (SSSR count). The van der Waals surface area contributed by atoms with Gasteiger partial charge in [0.15, 0.2) is 11.4 Å². The quantitative estimate of drug-likeness (QED) is 0.231. The van der Waals surface area contributed by atoms with Gasteiger partial charge in [0, 0.05) is 36.2 Å². The lowest BCUT2D eigenvalue weighted by Gasteiger charge is -2.41. The van der Waals surface area contributed by atoms with Crippen LogP contribution in [0, 0.1) is 5.92 Å². The summed E-state index contributed by atoms with van der Waals surface area (Å²) in [5.74, 6) is 0.797. The number of ether oxygens (including phenoxy) is 2. The Morgan fingerprint density at radius 2 is 1.57 bits per heavy atom. The van der Waals surface area contributed by atoms with Crippen LogP contribution in [0.2, 0.25) is 0 Å². The summed E-state index contributed by atoms with van der Waals surface area (Å²) in [5, 5.41) is 10.2. The smallest absolute Gasteiger partial charge is 0.187 e. The normalized spacial score (nSPS) is 21.6. The Kier molecular flexibility index (Phi) is 8.28. The Labute approximate surface area is 221 Å². The summed E-state index contributed by atoms with van der Waals surface area (Å²) in [5.41, 5.74) is 12.1. The van der Waals surface area contributed by atoms with Gasteiger partial charge in [-0.2, -0.15) is 0 Å². The Balaban J connectivity index is 1.44. The topological polar surface area (TPSA) is 90.5 Å². The van der Waals surface area contributed by atoms with E-state index >= 15 is 0 Å². The Hall–Kier alpha value is -3.07. The van der Waals surface area contributed by atoms with Crippen LogP contribution < -0.4 is 5.73 Å². The third kappa shape index (κ3) is 6.09. The second-order valence-electron chi connectivity index (χ2n) is 9.19. The minimum atomic E-state index is -0.529. The summed E-state index contributed by atoms with van der Waals surface area (Å²) in [6, 6.07) is 26.4. The van der Waals surface area contributed by atoms with Gasteiger partial charge in [-0.25, -0.2) is 9.97 Å². The third-order valence-corrected chi connectivity index (χ3v) is 7.66. The number of rotatable bonds is 8. The third-order valence-electron chi connectivity index (χ3n) is 6.70. The van der Waals surface area contributed by atoms with Crippen molar-refractivity contribution in [1.29, 1.82) is 0 Å². The first-order chi connectivity index (χ1) is 18.1. The van der Waals surface area contributed by atoms with Gasteiger partial charge in [-0.3, -0.25) is 0 Å². The van der Waals surface area contributed by atoms with Crippen LogP contribution in [0.3, 0.4) is 0 Å². The number of thioether (sulfide) groups is 1. The molecule has 37 heavy (non-hydrogen) atoms. The number of benzene rings is 3. The van der Waals surface area contributed by atoms with E-state index in [1.54, 1.807) is 24.2 Å². The fourth-order valence-corrected chi connectivity index (χ4v) is 5.54. The van der Waals surface area contributed by atoms with Crippen molar-refractivity contribution in [3.63, 3.8) is 0 Å². The first-order valence-corrected chi connectivity index (χ1v) is 13.4. The number of nitrogens with zero attached hydrogens (tertiary/aromatic N) is 2. The maximum Gasteiger partial charge on any atom is 0.187 e. The van der Waals surface area contributed by atoms with Crippen LogP contribution in [0.1, 0.15) is 41.6 Å². The average Bonchev–Trinajstić information content (AvgIpc) is 2.97. The van der Waals surface area contributed by atoms with E-state index in [9.17, 15) is 5.11 Å². The maximum absolute atomic E-state index is 9.48. The predicted octanol–water partition coefficient (Wildman–Crippen LogP) is 5.68. The first kappa shape index (κ1) is 25.6. The van der Waals surface area contributed by atoms with Crippen LogP contribution in [-0.4, -0.2) is 26.9 Å². The first-order valence-electron chi connectivity index (χ1n) is 12.4. The number of hydrogen-bond acceptors (Lipinski definition) is 7. The molecule has 4 aromatic rings. The number of aromatic nitrogens is 2. The van der Waals surface area contributed by atoms with Crippen LogP contribution in [0.15, 0.2) is 96.4 Å². The lowest BCUT2D eigenvalue weighted by molar-refractivity contribution is -0.268. The molecule has 7 heteroatoms. The molecule has 1 saturated heterocycles. The molecular weight excluding hydrogens is 482 g/mol. The second-order valence-corrected chi connectivity index (χ2v) is 10.2. The van der Waals surface area contributed by atoms with Crippen molar-refractivity contribution in [1.82, 2.24) is 9.97 Å². The largest absolute Gasteiger partial charge is 0.392 e. The lowest BCUT2D eigenvalue weighted by atomic mass is 9.91. The van der Waals surface area contributed by atoms with Crippen LogP contribution in [-0.2, 0) is 22.6 Å². The SMILES string of the molecule is CC1C(CSc2ncccn2)OC(c2cccc(-c3cccc(CN)c3)c2)OC1c1ccc(CO)cc1. The summed E-state index contributed by atoms with van der Waals surface area (Å²) in [6.07, 6.45) is 2.72. The van der Waals surface area contributed by atoms with E-state index in [1.807, 2.05) is 54.6 Å². The van der Waals surface area contributed by atoms with Crippen molar-refractivity contribution < 1.29 is 14.6 Å². The van der Waals surface area contributed by atoms with Crippen LogP contribution in [0.5, 0.6) is 0 Å². The van der Waals surface area contributed by atoms with Gasteiger partial charge in [0.2, 0.25) is 0 Å². The van der Waals surface area contributed by atoms with Crippen molar-refractivity contribution >= 4 is 11.8 Å². The lowest BCUT2D eigenvalue weighted by Crippen LogP contribution is -2.38. The van der Waals surface area contributed by atoms with E-state index in [4.69, 9.17) is 15.2 Å². The molecule has 1 aromatic heterocycles. The van der Waals surface area contributed by atoms with Crippen molar-refractivity contribution in [2.24, 2.45) is 11.7 Å². The number of aliphatic hydroxyl groups is 1. The van der Waals surface area contributed by atoms with Gasteiger partial charge in [-0.1, -0.05) is 79.3 Å². The molecular formula is C30H31N3O3S. The average molecular weight is 514 g/mol. The zero-order chi connectivity index (χ0) is 25.6. The summed E-state index contributed by atoms with van der Waals surface area (Å²) < 4.78 is 13.2. The Morgan fingerprint density at radius 1 is 0.838 bits per heavy atom. The highest BCUT2D eigenvalue weighted by molar-refractivity contribution is 7.99. The van der Waals surface area contributed by atoms with Crippen molar-refractivity contribution in [3.05, 3.63) is 114 Å². The predicted molar refractivity (Wildman–Crippen MR) is 145 cm³/mol. The summed E-state index contributed by atoms with van der Waals surface area (Å²) in [6.45, 7) is 2.68. The van der Waals surface area contributed by atoms with E-state index in [2.05, 4.69) is 41.2 Å². The van der Waals surface area contributed by atoms with Crippen molar-refractivity contribution in [3.8, 4) is 11.1 Å². The Bertz CT molecular complexity index is 1300. The fourth-order valence-electron chi connectivity index (χ4n) is 4.57. The zero-order valence-corrected chi connectivity index (χ0v) is 21.6. The maximum atomic E-state index is 9.48. The van der Waals surface area contributed by atoms with Gasteiger partial charge in [0.25, 0.3) is 0 Å². The molecule has 2 heterocycles. The van der Waals surface area contributed by atoms with Crippen molar-refractivity contribution in [2.75, 3.05) is 5.75 Å². The molecule has 190 valence electrons. The number of hydrogen-bond donors (Lipinski definition) is 2. The van der Waals surface area contributed by atoms with E-state index in [0.717, 1.165) is 38.5 Å². The molecule has 3 N–H and O–H groups in total. The van der Waals surface area contributed by atoms with Gasteiger partial charge in [0.1, 0.15) is 0 Å². The highest BCUT2D eigenvalue weighted by Gasteiger charge is 2.38. The molecule has 6 nitrogen and oxygen atoms in total. The van der Waals surface area contributed by atoms with Crippen LogP contribution >= 0.6 is 11.8 Å². The van der Waals surface area contributed by atoms with Crippen LogP contribution in [0.4, 0.5) is 0 Å². The molecule has 0 spiro atoms. The molecule has 1 aliphatic rings.